The van der Waals surface area contributed by atoms with Crippen molar-refractivity contribution in [3.05, 3.63) is 42.0 Å². The van der Waals surface area contributed by atoms with Crippen molar-refractivity contribution in [1.29, 1.82) is 0 Å². The molecule has 0 aliphatic carbocycles. The smallest absolute Gasteiger partial charge is 0.270 e. The number of hydrogen-bond acceptors (Lipinski definition) is 5. The van der Waals surface area contributed by atoms with Crippen molar-refractivity contribution in [2.24, 2.45) is 11.8 Å². The molecule has 3 amide bonds. The van der Waals surface area contributed by atoms with Gasteiger partial charge in [0.1, 0.15) is 5.75 Å². The predicted molar refractivity (Wildman–Crippen MR) is 77.1 cm³/mol. The molecule has 4 atom stereocenters. The zero-order valence-corrected chi connectivity index (χ0v) is 12.3. The van der Waals surface area contributed by atoms with Gasteiger partial charge in [-0.05, 0) is 18.2 Å². The van der Waals surface area contributed by atoms with Gasteiger partial charge >= 0.3 is 0 Å². The normalized spacial score (nSPS) is 30.7. The zero-order valence-electron chi connectivity index (χ0n) is 12.3. The molecule has 2 saturated heterocycles. The van der Waals surface area contributed by atoms with E-state index in [0.717, 1.165) is 5.01 Å². The molecule has 7 nitrogen and oxygen atoms in total. The van der Waals surface area contributed by atoms with Crippen molar-refractivity contribution in [2.75, 3.05) is 7.11 Å². The number of carbonyl (C=O) groups is 3. The van der Waals surface area contributed by atoms with Crippen molar-refractivity contribution in [3.8, 4) is 5.75 Å². The minimum absolute atomic E-state index is 0.305. The average molecular weight is 314 g/mol. The number of imide groups is 1. The molecule has 3 heterocycles. The van der Waals surface area contributed by atoms with Crippen LogP contribution in [0, 0.1) is 11.8 Å². The second kappa shape index (κ2) is 4.92. The molecule has 0 saturated carbocycles. The van der Waals surface area contributed by atoms with E-state index < -0.39 is 29.6 Å². The number of hydrogen-bond donors (Lipinski definition) is 1. The van der Waals surface area contributed by atoms with Gasteiger partial charge in [-0.25, -0.2) is 0 Å². The Bertz CT molecular complexity index is 714. The standard InChI is InChI=1S/C16H14N2O5/c1-22-9-4-2-3-8(7-9)14(19)17-18-15(20)12-10-5-6-11(23-10)13(12)16(18)21/h2-7,10-13H,1H3,(H,17,19)/t10-,11-,12-,13-/m1/s1. The highest BCUT2D eigenvalue weighted by molar-refractivity contribution is 6.09. The quantitative estimate of drug-likeness (QED) is 0.640. The lowest BCUT2D eigenvalue weighted by molar-refractivity contribution is -0.145. The highest BCUT2D eigenvalue weighted by Crippen LogP contribution is 2.44. The van der Waals surface area contributed by atoms with Crippen LogP contribution in [0.4, 0.5) is 0 Å². The third-order valence-corrected chi connectivity index (χ3v) is 4.46. The van der Waals surface area contributed by atoms with E-state index in [1.54, 1.807) is 30.4 Å². The number of benzene rings is 1. The van der Waals surface area contributed by atoms with Crippen molar-refractivity contribution in [3.63, 3.8) is 0 Å². The number of ether oxygens (including phenoxy) is 2. The molecule has 0 unspecified atom stereocenters. The lowest BCUT2D eigenvalue weighted by Crippen LogP contribution is -2.47. The van der Waals surface area contributed by atoms with E-state index in [0.29, 0.717) is 11.3 Å². The highest BCUT2D eigenvalue weighted by atomic mass is 16.5. The summed E-state index contributed by atoms with van der Waals surface area (Å²) in [7, 11) is 1.49. The number of hydrazine groups is 1. The van der Waals surface area contributed by atoms with Gasteiger partial charge in [-0.2, -0.15) is 5.01 Å². The summed E-state index contributed by atoms with van der Waals surface area (Å²) in [5.74, 6) is -1.94. The van der Waals surface area contributed by atoms with Gasteiger partial charge in [0.2, 0.25) is 0 Å². The van der Waals surface area contributed by atoms with E-state index in [9.17, 15) is 14.4 Å². The third-order valence-electron chi connectivity index (χ3n) is 4.46. The van der Waals surface area contributed by atoms with Crippen LogP contribution in [0.1, 0.15) is 10.4 Å². The maximum Gasteiger partial charge on any atom is 0.270 e. The second-order valence-electron chi connectivity index (χ2n) is 5.69. The van der Waals surface area contributed by atoms with Crippen LogP contribution in [0.25, 0.3) is 0 Å². The molecule has 1 N–H and O–H groups in total. The zero-order chi connectivity index (χ0) is 16.1. The van der Waals surface area contributed by atoms with Gasteiger partial charge in [-0.3, -0.25) is 19.8 Å². The number of methoxy groups -OCH3 is 1. The first-order valence-corrected chi connectivity index (χ1v) is 7.27. The number of nitrogens with zero attached hydrogens (tertiary/aromatic N) is 1. The predicted octanol–water partition coefficient (Wildman–Crippen LogP) is 0.278. The van der Waals surface area contributed by atoms with Gasteiger partial charge in [-0.15, -0.1) is 0 Å². The summed E-state index contributed by atoms with van der Waals surface area (Å²) in [4.78, 5) is 37.2. The van der Waals surface area contributed by atoms with Gasteiger partial charge < -0.3 is 9.47 Å². The number of amides is 3. The Morgan fingerprint density at radius 1 is 1.17 bits per heavy atom. The van der Waals surface area contributed by atoms with Crippen LogP contribution in [-0.2, 0) is 14.3 Å². The van der Waals surface area contributed by atoms with Crippen molar-refractivity contribution in [2.45, 2.75) is 12.2 Å². The summed E-state index contributed by atoms with van der Waals surface area (Å²) >= 11 is 0. The van der Waals surface area contributed by atoms with Crippen LogP contribution in [0.2, 0.25) is 0 Å². The second-order valence-corrected chi connectivity index (χ2v) is 5.69. The number of fused-ring (bicyclic) bond motifs is 5. The molecule has 3 aliphatic rings. The molecule has 0 aromatic heterocycles. The lowest BCUT2D eigenvalue weighted by atomic mass is 9.85. The Morgan fingerprint density at radius 2 is 1.83 bits per heavy atom. The summed E-state index contributed by atoms with van der Waals surface area (Å²) < 4.78 is 10.6. The summed E-state index contributed by atoms with van der Waals surface area (Å²) in [5.41, 5.74) is 2.70. The molecule has 2 bridgehead atoms. The lowest BCUT2D eigenvalue weighted by Gasteiger charge is -2.18. The topological polar surface area (TPSA) is 84.9 Å². The fraction of sp³-hybridized carbons (Fsp3) is 0.312. The first-order valence-electron chi connectivity index (χ1n) is 7.27. The Balaban J connectivity index is 1.54. The van der Waals surface area contributed by atoms with Crippen molar-refractivity contribution >= 4 is 17.7 Å². The fourth-order valence-electron chi connectivity index (χ4n) is 3.34. The largest absolute Gasteiger partial charge is 0.497 e. The van der Waals surface area contributed by atoms with Crippen LogP contribution in [0.5, 0.6) is 5.75 Å². The number of carbonyl (C=O) groups excluding carboxylic acids is 3. The van der Waals surface area contributed by atoms with Crippen LogP contribution in [-0.4, -0.2) is 42.0 Å². The van der Waals surface area contributed by atoms with Gasteiger partial charge in [0.25, 0.3) is 17.7 Å². The maximum atomic E-state index is 12.4. The van der Waals surface area contributed by atoms with E-state index in [1.165, 1.54) is 13.2 Å². The van der Waals surface area contributed by atoms with E-state index in [4.69, 9.17) is 9.47 Å². The molecular weight excluding hydrogens is 300 g/mol. The van der Waals surface area contributed by atoms with Gasteiger partial charge in [0.15, 0.2) is 0 Å². The molecule has 1 aromatic carbocycles. The molecule has 23 heavy (non-hydrogen) atoms. The highest BCUT2D eigenvalue weighted by Gasteiger charge is 2.61. The monoisotopic (exact) mass is 314 g/mol. The van der Waals surface area contributed by atoms with Gasteiger partial charge in [0.05, 0.1) is 31.2 Å². The minimum Gasteiger partial charge on any atom is -0.497 e. The summed E-state index contributed by atoms with van der Waals surface area (Å²) in [6.07, 6.45) is 2.84. The summed E-state index contributed by atoms with van der Waals surface area (Å²) in [6.45, 7) is 0. The fourth-order valence-corrected chi connectivity index (χ4v) is 3.34. The number of nitrogens with one attached hydrogen (secondary N) is 1. The first-order chi connectivity index (χ1) is 11.1. The van der Waals surface area contributed by atoms with Crippen LogP contribution < -0.4 is 10.2 Å². The Kier molecular flexibility index (Phi) is 2.99. The van der Waals surface area contributed by atoms with Gasteiger partial charge in [0, 0.05) is 5.56 Å². The van der Waals surface area contributed by atoms with Gasteiger partial charge in [-0.1, -0.05) is 18.2 Å². The van der Waals surface area contributed by atoms with Crippen LogP contribution >= 0.6 is 0 Å². The maximum absolute atomic E-state index is 12.4. The molecule has 3 aliphatic heterocycles. The van der Waals surface area contributed by atoms with Crippen LogP contribution in [0.15, 0.2) is 36.4 Å². The minimum atomic E-state index is -0.539. The summed E-state index contributed by atoms with van der Waals surface area (Å²) in [6, 6.07) is 6.48. The molecule has 4 rings (SSSR count). The Labute approximate surface area is 131 Å². The third kappa shape index (κ3) is 1.97. The van der Waals surface area contributed by atoms with E-state index in [2.05, 4.69) is 5.43 Å². The van der Waals surface area contributed by atoms with E-state index in [-0.39, 0.29) is 12.2 Å². The molecule has 7 heteroatoms. The van der Waals surface area contributed by atoms with E-state index in [1.807, 2.05) is 0 Å². The van der Waals surface area contributed by atoms with E-state index >= 15 is 0 Å². The Hall–Kier alpha value is -2.67. The number of rotatable bonds is 3. The van der Waals surface area contributed by atoms with Crippen LogP contribution in [0.3, 0.4) is 0 Å². The molecule has 118 valence electrons. The molecule has 2 fully saturated rings. The molecule has 0 spiro atoms. The molecular formula is C16H14N2O5. The molecule has 0 radical (unpaired) electrons. The summed E-state index contributed by atoms with van der Waals surface area (Å²) in [5, 5.41) is 0.826. The molecule has 1 aromatic rings. The van der Waals surface area contributed by atoms with Crippen molar-refractivity contribution < 1.29 is 23.9 Å². The SMILES string of the molecule is COc1cccc(C(=O)NN2C(=O)[C@H]3[C@H](C2=O)[C@H]2C=C[C@H]3O2)c1. The first kappa shape index (κ1) is 14.0. The Morgan fingerprint density at radius 3 is 2.43 bits per heavy atom. The average Bonchev–Trinajstić information content (AvgIpc) is 3.24. The van der Waals surface area contributed by atoms with Crippen molar-refractivity contribution in [1.82, 2.24) is 10.4 Å².